The predicted octanol–water partition coefficient (Wildman–Crippen LogP) is 3.64. The van der Waals surface area contributed by atoms with Gasteiger partial charge in [0, 0.05) is 6.61 Å². The summed E-state index contributed by atoms with van der Waals surface area (Å²) in [6.07, 6.45) is -16.9. The molecule has 0 aromatic carbocycles. The van der Waals surface area contributed by atoms with Crippen LogP contribution in [0, 0.1) is 5.92 Å². The highest BCUT2D eigenvalue weighted by Gasteiger charge is 2.76. The molecule has 1 N–H and O–H groups in total. The van der Waals surface area contributed by atoms with E-state index in [4.69, 9.17) is 5.11 Å². The Hall–Kier alpha value is -0.840. The van der Waals surface area contributed by atoms with E-state index in [2.05, 4.69) is 0 Å². The fourth-order valence-corrected chi connectivity index (χ4v) is 6.73. The zero-order valence-corrected chi connectivity index (χ0v) is 16.0. The monoisotopic (exact) mass is 494 g/mol. The molecule has 0 aliphatic heterocycles. The first kappa shape index (κ1) is 28.2. The lowest BCUT2D eigenvalue weighted by molar-refractivity contribution is -0.242. The maximum absolute atomic E-state index is 13.4. The Balaban J connectivity index is 6.82. The molecule has 0 fully saturated rings. The second kappa shape index (κ2) is 8.72. The average Bonchev–Trinajstić information content (AvgIpc) is 2.49. The quantitative estimate of drug-likeness (QED) is 0.469. The fourth-order valence-electron chi connectivity index (χ4n) is 2.32. The summed E-state index contributed by atoms with van der Waals surface area (Å²) < 4.78 is 171. The zero-order valence-electron chi connectivity index (χ0n) is 14.4. The van der Waals surface area contributed by atoms with Crippen LogP contribution in [0.4, 0.5) is 43.9 Å². The van der Waals surface area contributed by atoms with Gasteiger partial charge in [0.2, 0.25) is 19.7 Å². The molecule has 176 valence electrons. The van der Waals surface area contributed by atoms with E-state index >= 15 is 0 Å². The Morgan fingerprint density at radius 1 is 0.724 bits per heavy atom. The average molecular weight is 494 g/mol. The first-order valence-corrected chi connectivity index (χ1v) is 10.7. The summed E-state index contributed by atoms with van der Waals surface area (Å²) in [6.45, 7) is 0.430. The first-order valence-electron chi connectivity index (χ1n) is 7.59. The normalized spacial score (nSPS) is 16.3. The van der Waals surface area contributed by atoms with Gasteiger partial charge in [0.05, 0.1) is 0 Å². The molecule has 17 heteroatoms. The van der Waals surface area contributed by atoms with Crippen LogP contribution in [0.5, 0.6) is 0 Å². The molecule has 0 aliphatic carbocycles. The van der Waals surface area contributed by atoms with Crippen molar-refractivity contribution in [2.24, 2.45) is 5.92 Å². The lowest BCUT2D eigenvalue weighted by Crippen LogP contribution is -2.56. The molecule has 0 radical (unpaired) electrons. The highest BCUT2D eigenvalue weighted by atomic mass is 32.3. The van der Waals surface area contributed by atoms with Gasteiger partial charge in [0.1, 0.15) is 0 Å². The lowest BCUT2D eigenvalue weighted by atomic mass is 9.97. The third-order valence-corrected chi connectivity index (χ3v) is 9.01. The molecule has 5 nitrogen and oxygen atoms in total. The number of alkyl halides is 10. The predicted molar refractivity (Wildman–Crippen MR) is 78.3 cm³/mol. The molecule has 0 amide bonds. The van der Waals surface area contributed by atoms with Gasteiger partial charge in [-0.25, -0.2) is 16.8 Å². The first-order chi connectivity index (χ1) is 12.6. The highest BCUT2D eigenvalue weighted by Crippen LogP contribution is 2.49. The number of aliphatic hydroxyl groups excluding tert-OH is 1. The summed E-state index contributed by atoms with van der Waals surface area (Å²) in [5.41, 5.74) is 0. The van der Waals surface area contributed by atoms with Crippen molar-refractivity contribution in [1.82, 2.24) is 0 Å². The van der Waals surface area contributed by atoms with E-state index in [1.165, 1.54) is 6.92 Å². The minimum absolute atomic E-state index is 0.0111. The van der Waals surface area contributed by atoms with Gasteiger partial charge in [-0.3, -0.25) is 0 Å². The van der Waals surface area contributed by atoms with Gasteiger partial charge in [-0.15, -0.1) is 0 Å². The molecular formula is C12H16F10O5S2. The van der Waals surface area contributed by atoms with Crippen LogP contribution in [-0.4, -0.2) is 56.0 Å². The smallest absolute Gasteiger partial charge is 0.396 e. The van der Waals surface area contributed by atoms with Crippen molar-refractivity contribution in [3.8, 4) is 0 Å². The maximum Gasteiger partial charge on any atom is 0.469 e. The zero-order chi connectivity index (χ0) is 23.7. The second-order valence-corrected chi connectivity index (χ2v) is 10.6. The number of hydrogen-bond acceptors (Lipinski definition) is 5. The maximum atomic E-state index is 13.4. The Morgan fingerprint density at radius 2 is 1.07 bits per heavy atom. The summed E-state index contributed by atoms with van der Waals surface area (Å²) in [7, 11) is -15.0. The highest BCUT2D eigenvalue weighted by molar-refractivity contribution is 8.10. The molecule has 0 spiro atoms. The molecule has 0 aromatic heterocycles. The van der Waals surface area contributed by atoms with E-state index in [1.54, 1.807) is 0 Å². The van der Waals surface area contributed by atoms with Crippen molar-refractivity contribution in [3.63, 3.8) is 0 Å². The van der Waals surface area contributed by atoms with E-state index in [0.717, 1.165) is 0 Å². The van der Waals surface area contributed by atoms with Gasteiger partial charge in [-0.1, -0.05) is 19.8 Å². The summed E-state index contributed by atoms with van der Waals surface area (Å²) in [5.74, 6) is -1.56. The Labute approximate surface area is 158 Å². The van der Waals surface area contributed by atoms with Crippen LogP contribution in [0.2, 0.25) is 0 Å². The van der Waals surface area contributed by atoms with Crippen molar-refractivity contribution in [2.45, 2.75) is 60.1 Å². The molecule has 0 heterocycles. The van der Waals surface area contributed by atoms with Gasteiger partial charge in [0.15, 0.2) is 4.58 Å². The Morgan fingerprint density at radius 3 is 1.31 bits per heavy atom. The summed E-state index contributed by atoms with van der Waals surface area (Å²) >= 11 is 0. The van der Waals surface area contributed by atoms with Crippen LogP contribution in [0.25, 0.3) is 0 Å². The number of sulfone groups is 2. The molecular weight excluding hydrogens is 478 g/mol. The molecule has 0 bridgehead atoms. The fraction of sp³-hybridized carbons (Fsp3) is 1.00. The second-order valence-electron chi connectivity index (χ2n) is 5.95. The molecule has 0 aromatic rings. The van der Waals surface area contributed by atoms with Crippen LogP contribution in [0.15, 0.2) is 0 Å². The van der Waals surface area contributed by atoms with Gasteiger partial charge in [-0.05, 0) is 18.8 Å². The topological polar surface area (TPSA) is 88.5 Å². The van der Waals surface area contributed by atoms with Crippen molar-refractivity contribution in [2.75, 3.05) is 6.61 Å². The summed E-state index contributed by atoms with van der Waals surface area (Å²) in [5, 5.41) is -5.07. The van der Waals surface area contributed by atoms with Crippen LogP contribution < -0.4 is 0 Å². The molecule has 1 atom stereocenters. The Kier molecular flexibility index (Phi) is 8.47. The van der Waals surface area contributed by atoms with Crippen molar-refractivity contribution in [1.29, 1.82) is 0 Å². The van der Waals surface area contributed by atoms with Crippen molar-refractivity contribution >= 4 is 19.7 Å². The van der Waals surface area contributed by atoms with Crippen LogP contribution in [-0.2, 0) is 19.7 Å². The van der Waals surface area contributed by atoms with Crippen LogP contribution in [0.1, 0.15) is 32.6 Å². The lowest BCUT2D eigenvalue weighted by Gasteiger charge is -2.30. The molecule has 0 aliphatic rings. The van der Waals surface area contributed by atoms with E-state index in [0.29, 0.717) is 0 Å². The third kappa shape index (κ3) is 5.26. The minimum Gasteiger partial charge on any atom is -0.396 e. The molecule has 1 unspecified atom stereocenters. The van der Waals surface area contributed by atoms with Crippen LogP contribution >= 0.6 is 0 Å². The van der Waals surface area contributed by atoms with Gasteiger partial charge < -0.3 is 5.11 Å². The van der Waals surface area contributed by atoms with Gasteiger partial charge >= 0.3 is 22.9 Å². The van der Waals surface area contributed by atoms with Gasteiger partial charge in [-0.2, -0.15) is 43.9 Å². The number of aliphatic hydroxyl groups is 1. The molecule has 0 rings (SSSR count). The van der Waals surface area contributed by atoms with Crippen LogP contribution in [0.3, 0.4) is 0 Å². The number of halogens is 10. The van der Waals surface area contributed by atoms with E-state index in [-0.39, 0.29) is 12.8 Å². The number of hydrogen-bond donors (Lipinski definition) is 1. The summed E-state index contributed by atoms with van der Waals surface area (Å²) in [4.78, 5) is 0. The largest absolute Gasteiger partial charge is 0.469 e. The van der Waals surface area contributed by atoms with E-state index in [9.17, 15) is 60.7 Å². The van der Waals surface area contributed by atoms with Crippen molar-refractivity contribution < 1.29 is 65.8 Å². The van der Waals surface area contributed by atoms with Crippen molar-refractivity contribution in [3.05, 3.63) is 0 Å². The van der Waals surface area contributed by atoms with E-state index < -0.39 is 72.5 Å². The minimum atomic E-state index is -7.50. The number of rotatable bonds is 10. The van der Waals surface area contributed by atoms with E-state index in [1.807, 2.05) is 0 Å². The standard InChI is InChI=1S/C12H16F10O5S2/c1-2-3-7(4-5-23)6-8(28(24,25)11(19,20)9(13,14)15)29(26,27)12(21,22)10(16,17)18/h7-8,23H,2-6H2,1H3. The molecule has 0 saturated carbocycles. The summed E-state index contributed by atoms with van der Waals surface area (Å²) in [6, 6.07) is 0. The van der Waals surface area contributed by atoms with Gasteiger partial charge in [0.25, 0.3) is 0 Å². The SMILES string of the molecule is CCCC(CCO)CC(S(=O)(=O)C(F)(F)C(F)(F)F)S(=O)(=O)C(F)(F)C(F)(F)F. The molecule has 29 heavy (non-hydrogen) atoms. The third-order valence-electron chi connectivity index (χ3n) is 3.83. The Bertz CT molecular complexity index is 693. The molecule has 0 saturated heterocycles.